The number of benzene rings is 3. The standard InChI is InChI=1S/C26H24BrFN4O4S/c1-3-35-22-10-8-21(9-11-22)32-17(2)29-30-26(32)37-25(15-31(33)34)19-7-12-24(23(27)14-19)36-16-18-5-4-6-20(28)13-18/h4-14,25H,3,15-16H2,1-2H3/t25-/m1/s1. The van der Waals surface area contributed by atoms with Gasteiger partial charge in [0, 0.05) is 10.6 Å². The van der Waals surface area contributed by atoms with Gasteiger partial charge < -0.3 is 9.47 Å². The molecule has 11 heteroatoms. The van der Waals surface area contributed by atoms with Gasteiger partial charge in [0.15, 0.2) is 5.16 Å². The molecule has 0 radical (unpaired) electrons. The molecule has 0 saturated carbocycles. The van der Waals surface area contributed by atoms with E-state index in [0.717, 1.165) is 17.0 Å². The number of nitro groups is 1. The Bertz CT molecular complexity index is 1380. The zero-order valence-electron chi connectivity index (χ0n) is 20.1. The highest BCUT2D eigenvalue weighted by molar-refractivity contribution is 9.10. The highest BCUT2D eigenvalue weighted by atomic mass is 79.9. The number of hydrogen-bond donors (Lipinski definition) is 0. The van der Waals surface area contributed by atoms with Gasteiger partial charge in [0.25, 0.3) is 0 Å². The molecule has 4 rings (SSSR count). The average Bonchev–Trinajstić information content (AvgIpc) is 3.23. The molecule has 192 valence electrons. The Morgan fingerprint density at radius 2 is 1.89 bits per heavy atom. The average molecular weight is 587 g/mol. The molecule has 0 fully saturated rings. The molecule has 37 heavy (non-hydrogen) atoms. The zero-order chi connectivity index (χ0) is 26.4. The first-order valence-corrected chi connectivity index (χ1v) is 13.1. The lowest BCUT2D eigenvalue weighted by molar-refractivity contribution is -0.479. The number of aromatic nitrogens is 3. The molecule has 1 heterocycles. The zero-order valence-corrected chi connectivity index (χ0v) is 22.5. The Labute approximate surface area is 226 Å². The molecule has 0 aliphatic rings. The van der Waals surface area contributed by atoms with Crippen LogP contribution >= 0.6 is 27.7 Å². The van der Waals surface area contributed by atoms with Gasteiger partial charge in [0.2, 0.25) is 6.54 Å². The number of nitrogens with zero attached hydrogens (tertiary/aromatic N) is 4. The van der Waals surface area contributed by atoms with E-state index in [4.69, 9.17) is 9.47 Å². The summed E-state index contributed by atoms with van der Waals surface area (Å²) in [6, 6.07) is 19.0. The van der Waals surface area contributed by atoms with E-state index in [2.05, 4.69) is 26.1 Å². The van der Waals surface area contributed by atoms with E-state index in [1.165, 1.54) is 23.9 Å². The minimum atomic E-state index is -0.534. The summed E-state index contributed by atoms with van der Waals surface area (Å²) in [6.45, 7) is 4.20. The molecule has 0 aliphatic carbocycles. The third-order valence-corrected chi connectivity index (χ3v) is 7.18. The lowest BCUT2D eigenvalue weighted by Crippen LogP contribution is -2.11. The van der Waals surface area contributed by atoms with Crippen molar-refractivity contribution in [1.29, 1.82) is 0 Å². The number of ether oxygens (including phenoxy) is 2. The van der Waals surface area contributed by atoms with Crippen molar-refractivity contribution >= 4 is 27.7 Å². The molecule has 0 aliphatic heterocycles. The van der Waals surface area contributed by atoms with Crippen LogP contribution in [0, 0.1) is 22.9 Å². The summed E-state index contributed by atoms with van der Waals surface area (Å²) in [7, 11) is 0. The van der Waals surface area contributed by atoms with Crippen LogP contribution in [0.4, 0.5) is 4.39 Å². The molecule has 0 saturated heterocycles. The van der Waals surface area contributed by atoms with Crippen LogP contribution in [0.15, 0.2) is 76.4 Å². The van der Waals surface area contributed by atoms with E-state index in [9.17, 15) is 14.5 Å². The normalized spacial score (nSPS) is 11.8. The molecule has 8 nitrogen and oxygen atoms in total. The van der Waals surface area contributed by atoms with Crippen LogP contribution in [0.1, 0.15) is 29.1 Å². The fourth-order valence-corrected chi connectivity index (χ4v) is 5.35. The summed E-state index contributed by atoms with van der Waals surface area (Å²) >= 11 is 4.77. The van der Waals surface area contributed by atoms with Gasteiger partial charge >= 0.3 is 0 Å². The van der Waals surface area contributed by atoms with Crippen LogP contribution in [0.2, 0.25) is 0 Å². The highest BCUT2D eigenvalue weighted by Crippen LogP contribution is 2.39. The van der Waals surface area contributed by atoms with Crippen molar-refractivity contribution in [2.75, 3.05) is 13.2 Å². The summed E-state index contributed by atoms with van der Waals surface area (Å²) in [5.41, 5.74) is 2.25. The molecule has 0 amide bonds. The topological polar surface area (TPSA) is 92.3 Å². The monoisotopic (exact) mass is 586 g/mol. The second-order valence-electron chi connectivity index (χ2n) is 8.02. The van der Waals surface area contributed by atoms with Gasteiger partial charge in [-0.15, -0.1) is 10.2 Å². The molecule has 0 unspecified atom stereocenters. The van der Waals surface area contributed by atoms with Crippen molar-refractivity contribution in [2.45, 2.75) is 30.9 Å². The van der Waals surface area contributed by atoms with Gasteiger partial charge in [-0.3, -0.25) is 14.7 Å². The first-order chi connectivity index (χ1) is 17.8. The summed E-state index contributed by atoms with van der Waals surface area (Å²) in [5, 5.41) is 20.0. The second kappa shape index (κ2) is 12.2. The molecule has 1 atom stereocenters. The first-order valence-electron chi connectivity index (χ1n) is 11.4. The smallest absolute Gasteiger partial charge is 0.220 e. The van der Waals surface area contributed by atoms with Crippen LogP contribution < -0.4 is 9.47 Å². The Balaban J connectivity index is 1.56. The highest BCUT2D eigenvalue weighted by Gasteiger charge is 2.24. The maximum Gasteiger partial charge on any atom is 0.220 e. The van der Waals surface area contributed by atoms with Crippen LogP contribution in [0.3, 0.4) is 0 Å². The molecule has 0 spiro atoms. The predicted molar refractivity (Wildman–Crippen MR) is 143 cm³/mol. The Kier molecular flexibility index (Phi) is 8.78. The number of aryl methyl sites for hydroxylation is 1. The van der Waals surface area contributed by atoms with Crippen molar-refractivity contribution in [1.82, 2.24) is 14.8 Å². The van der Waals surface area contributed by atoms with Gasteiger partial charge in [-0.1, -0.05) is 30.0 Å². The van der Waals surface area contributed by atoms with Crippen LogP contribution in [-0.4, -0.2) is 32.8 Å². The SMILES string of the molecule is CCOc1ccc(-n2c(C)nnc2S[C@H](C[N+](=O)[O-])c2ccc(OCc3cccc(F)c3)c(Br)c2)cc1. The van der Waals surface area contributed by atoms with Crippen molar-refractivity contribution in [3.05, 3.63) is 104 Å². The second-order valence-corrected chi connectivity index (χ2v) is 10.0. The van der Waals surface area contributed by atoms with Gasteiger partial charge in [0.05, 0.1) is 11.1 Å². The largest absolute Gasteiger partial charge is 0.494 e. The predicted octanol–water partition coefficient (Wildman–Crippen LogP) is 6.57. The molecule has 0 bridgehead atoms. The van der Waals surface area contributed by atoms with Gasteiger partial charge in [-0.05, 0) is 89.4 Å². The Morgan fingerprint density at radius 3 is 2.57 bits per heavy atom. The van der Waals surface area contributed by atoms with E-state index in [1.54, 1.807) is 30.3 Å². The number of halogens is 2. The van der Waals surface area contributed by atoms with Crippen molar-refractivity contribution in [3.63, 3.8) is 0 Å². The van der Waals surface area contributed by atoms with Crippen molar-refractivity contribution < 1.29 is 18.8 Å². The summed E-state index contributed by atoms with van der Waals surface area (Å²) < 4.78 is 27.3. The molecule has 1 aromatic heterocycles. The number of rotatable bonds is 11. The van der Waals surface area contributed by atoms with Crippen LogP contribution in [0.5, 0.6) is 11.5 Å². The Hall–Kier alpha value is -3.44. The molecular formula is C26H24BrFN4O4S. The summed E-state index contributed by atoms with van der Waals surface area (Å²) in [6.07, 6.45) is 0. The van der Waals surface area contributed by atoms with E-state index in [0.29, 0.717) is 33.4 Å². The van der Waals surface area contributed by atoms with E-state index in [1.807, 2.05) is 42.7 Å². The maximum absolute atomic E-state index is 13.4. The summed E-state index contributed by atoms with van der Waals surface area (Å²) in [4.78, 5) is 11.2. The minimum Gasteiger partial charge on any atom is -0.494 e. The molecular weight excluding hydrogens is 563 g/mol. The lowest BCUT2D eigenvalue weighted by Gasteiger charge is -2.16. The van der Waals surface area contributed by atoms with Crippen LogP contribution in [0.25, 0.3) is 5.69 Å². The summed E-state index contributed by atoms with van der Waals surface area (Å²) in [5.74, 6) is 1.63. The van der Waals surface area contributed by atoms with E-state index in [-0.39, 0.29) is 23.9 Å². The lowest BCUT2D eigenvalue weighted by atomic mass is 10.1. The third kappa shape index (κ3) is 6.86. The molecule has 3 aromatic carbocycles. The van der Waals surface area contributed by atoms with Gasteiger partial charge in [-0.2, -0.15) is 0 Å². The van der Waals surface area contributed by atoms with Gasteiger partial charge in [0.1, 0.15) is 35.0 Å². The molecule has 4 aromatic rings. The third-order valence-electron chi connectivity index (χ3n) is 5.37. The van der Waals surface area contributed by atoms with Crippen molar-refractivity contribution in [3.8, 4) is 17.2 Å². The van der Waals surface area contributed by atoms with E-state index < -0.39 is 5.25 Å². The van der Waals surface area contributed by atoms with Gasteiger partial charge in [-0.25, -0.2) is 4.39 Å². The van der Waals surface area contributed by atoms with E-state index >= 15 is 0 Å². The van der Waals surface area contributed by atoms with Crippen molar-refractivity contribution in [2.24, 2.45) is 0 Å². The minimum absolute atomic E-state index is 0.188. The first kappa shape index (κ1) is 26.6. The maximum atomic E-state index is 13.4. The van der Waals surface area contributed by atoms with Crippen LogP contribution in [-0.2, 0) is 6.61 Å². The number of thioether (sulfide) groups is 1. The molecule has 0 N–H and O–H groups in total. The fourth-order valence-electron chi connectivity index (χ4n) is 3.67. The quantitative estimate of drug-likeness (QED) is 0.111. The number of hydrogen-bond acceptors (Lipinski definition) is 7. The Morgan fingerprint density at radius 1 is 1.11 bits per heavy atom. The fraction of sp³-hybridized carbons (Fsp3) is 0.231.